The van der Waals surface area contributed by atoms with E-state index < -0.39 is 14.8 Å². The molecule has 1 aromatic rings. The first-order valence-corrected chi connectivity index (χ1v) is 6.90. The van der Waals surface area contributed by atoms with Gasteiger partial charge in [0.15, 0.2) is 9.84 Å². The lowest BCUT2D eigenvalue weighted by atomic mass is 10.3. The Morgan fingerprint density at radius 3 is 2.41 bits per heavy atom. The van der Waals surface area contributed by atoms with Crippen molar-refractivity contribution >= 4 is 15.5 Å². The second-order valence-electron chi connectivity index (χ2n) is 3.89. The van der Waals surface area contributed by atoms with Crippen LogP contribution in [0, 0.1) is 10.1 Å². The second kappa shape index (κ2) is 4.33. The van der Waals surface area contributed by atoms with Crippen molar-refractivity contribution in [2.24, 2.45) is 0 Å². The molecule has 1 saturated heterocycles. The van der Waals surface area contributed by atoms with Gasteiger partial charge in [-0.15, -0.1) is 0 Å². The molecular weight excluding hydrogens is 246 g/mol. The van der Waals surface area contributed by atoms with Gasteiger partial charge in [-0.25, -0.2) is 8.42 Å². The molecule has 0 N–H and O–H groups in total. The molecule has 1 aromatic carbocycles. The summed E-state index contributed by atoms with van der Waals surface area (Å²) in [5, 5.41) is 10.4. The Labute approximate surface area is 98.3 Å². The Hall–Kier alpha value is -1.63. The molecule has 0 bridgehead atoms. The van der Waals surface area contributed by atoms with E-state index in [4.69, 9.17) is 4.74 Å². The summed E-state index contributed by atoms with van der Waals surface area (Å²) in [6.07, 6.45) is 0.126. The number of benzene rings is 1. The van der Waals surface area contributed by atoms with Gasteiger partial charge in [-0.1, -0.05) is 0 Å². The van der Waals surface area contributed by atoms with E-state index in [2.05, 4.69) is 0 Å². The van der Waals surface area contributed by atoms with Gasteiger partial charge >= 0.3 is 0 Å². The summed E-state index contributed by atoms with van der Waals surface area (Å²) >= 11 is 0. The molecule has 0 unspecified atom stereocenters. The second-order valence-corrected chi connectivity index (χ2v) is 6.12. The van der Waals surface area contributed by atoms with Gasteiger partial charge in [0.25, 0.3) is 5.69 Å². The molecule has 1 aliphatic rings. The van der Waals surface area contributed by atoms with E-state index in [-0.39, 0.29) is 23.3 Å². The number of nitro benzene ring substituents is 1. The highest BCUT2D eigenvalue weighted by Crippen LogP contribution is 2.22. The molecule has 0 aliphatic carbocycles. The van der Waals surface area contributed by atoms with Crippen LogP contribution in [0.4, 0.5) is 5.69 Å². The lowest BCUT2D eigenvalue weighted by Gasteiger charge is -2.11. The van der Waals surface area contributed by atoms with Gasteiger partial charge in [0.05, 0.1) is 16.4 Å². The number of nitrogens with zero attached hydrogens (tertiary/aromatic N) is 1. The fourth-order valence-electron chi connectivity index (χ4n) is 1.69. The van der Waals surface area contributed by atoms with Gasteiger partial charge in [0, 0.05) is 12.1 Å². The van der Waals surface area contributed by atoms with Crippen LogP contribution < -0.4 is 4.74 Å². The molecule has 0 radical (unpaired) electrons. The van der Waals surface area contributed by atoms with Crippen molar-refractivity contribution in [3.8, 4) is 5.75 Å². The zero-order valence-electron chi connectivity index (χ0n) is 8.90. The Balaban J connectivity index is 2.03. The smallest absolute Gasteiger partial charge is 0.269 e. The summed E-state index contributed by atoms with van der Waals surface area (Å²) < 4.78 is 27.9. The molecule has 17 heavy (non-hydrogen) atoms. The summed E-state index contributed by atoms with van der Waals surface area (Å²) in [6.45, 7) is 0. The highest BCUT2D eigenvalue weighted by molar-refractivity contribution is 7.91. The van der Waals surface area contributed by atoms with Crippen molar-refractivity contribution in [1.82, 2.24) is 0 Å². The molecular formula is C10H11NO5S. The monoisotopic (exact) mass is 257 g/mol. The molecule has 2 rings (SSSR count). The highest BCUT2D eigenvalue weighted by Gasteiger charge is 2.29. The molecule has 92 valence electrons. The van der Waals surface area contributed by atoms with Crippen LogP contribution in [0.5, 0.6) is 5.75 Å². The number of non-ortho nitro benzene ring substituents is 1. The van der Waals surface area contributed by atoms with Gasteiger partial charge in [0.1, 0.15) is 11.9 Å². The van der Waals surface area contributed by atoms with Crippen LogP contribution in [0.2, 0.25) is 0 Å². The predicted molar refractivity (Wildman–Crippen MR) is 60.8 cm³/mol. The minimum absolute atomic E-state index is 0.0172. The lowest BCUT2D eigenvalue weighted by molar-refractivity contribution is -0.384. The molecule has 1 heterocycles. The van der Waals surface area contributed by atoms with Crippen molar-refractivity contribution in [2.75, 3.05) is 11.5 Å². The number of hydrogen-bond acceptors (Lipinski definition) is 5. The molecule has 0 aromatic heterocycles. The summed E-state index contributed by atoms with van der Waals surface area (Å²) in [5.41, 5.74) is -0.0172. The van der Waals surface area contributed by atoms with E-state index in [1.165, 1.54) is 24.3 Å². The van der Waals surface area contributed by atoms with Crippen molar-refractivity contribution in [1.29, 1.82) is 0 Å². The minimum Gasteiger partial charge on any atom is -0.489 e. The molecule has 0 amide bonds. The van der Waals surface area contributed by atoms with E-state index >= 15 is 0 Å². The summed E-state index contributed by atoms with van der Waals surface area (Å²) in [5.74, 6) is 0.618. The Bertz CT molecular complexity index is 522. The van der Waals surface area contributed by atoms with Gasteiger partial charge in [-0.3, -0.25) is 10.1 Å². The normalized spacial score (nSPS) is 22.2. The van der Waals surface area contributed by atoms with Crippen molar-refractivity contribution in [3.05, 3.63) is 34.4 Å². The van der Waals surface area contributed by atoms with Crippen LogP contribution >= 0.6 is 0 Å². The van der Waals surface area contributed by atoms with E-state index in [9.17, 15) is 18.5 Å². The fraction of sp³-hybridized carbons (Fsp3) is 0.400. The molecule has 0 spiro atoms. The first-order chi connectivity index (χ1) is 7.96. The summed E-state index contributed by atoms with van der Waals surface area (Å²) in [6, 6.07) is 5.61. The first-order valence-electron chi connectivity index (χ1n) is 5.08. The van der Waals surface area contributed by atoms with Crippen LogP contribution in [0.25, 0.3) is 0 Å². The van der Waals surface area contributed by atoms with Gasteiger partial charge in [-0.05, 0) is 18.6 Å². The van der Waals surface area contributed by atoms with Gasteiger partial charge < -0.3 is 4.74 Å². The van der Waals surface area contributed by atoms with E-state index in [1.807, 2.05) is 0 Å². The van der Waals surface area contributed by atoms with Crippen molar-refractivity contribution in [2.45, 2.75) is 12.5 Å². The van der Waals surface area contributed by atoms with Crippen molar-refractivity contribution in [3.63, 3.8) is 0 Å². The van der Waals surface area contributed by atoms with E-state index in [0.29, 0.717) is 12.2 Å². The standard InChI is InChI=1S/C10H11NO5S/c12-11(13)8-1-3-9(4-2-8)16-10-5-6-17(14,15)7-10/h1-4,10H,5-7H2/t10-/m0/s1. The summed E-state index contributed by atoms with van der Waals surface area (Å²) in [4.78, 5) is 9.93. The van der Waals surface area contributed by atoms with Crippen LogP contribution in [-0.2, 0) is 9.84 Å². The average molecular weight is 257 g/mol. The number of ether oxygens (including phenoxy) is 1. The van der Waals surface area contributed by atoms with Crippen LogP contribution in [0.3, 0.4) is 0 Å². The number of nitro groups is 1. The van der Waals surface area contributed by atoms with Crippen LogP contribution in [0.1, 0.15) is 6.42 Å². The van der Waals surface area contributed by atoms with E-state index in [0.717, 1.165) is 0 Å². The van der Waals surface area contributed by atoms with Crippen molar-refractivity contribution < 1.29 is 18.1 Å². The predicted octanol–water partition coefficient (Wildman–Crippen LogP) is 1.16. The molecule has 7 heteroatoms. The molecule has 0 saturated carbocycles. The molecule has 1 atom stereocenters. The highest BCUT2D eigenvalue weighted by atomic mass is 32.2. The number of sulfone groups is 1. The quantitative estimate of drug-likeness (QED) is 0.599. The molecule has 1 aliphatic heterocycles. The maximum absolute atomic E-state index is 11.2. The fourth-order valence-corrected chi connectivity index (χ4v) is 3.28. The zero-order valence-corrected chi connectivity index (χ0v) is 9.72. The maximum Gasteiger partial charge on any atom is 0.269 e. The molecule has 6 nitrogen and oxygen atoms in total. The third-order valence-corrected chi connectivity index (χ3v) is 4.28. The first kappa shape index (κ1) is 11.8. The number of hydrogen-bond donors (Lipinski definition) is 0. The lowest BCUT2D eigenvalue weighted by Crippen LogP contribution is -2.17. The molecule has 1 fully saturated rings. The zero-order chi connectivity index (χ0) is 12.5. The number of rotatable bonds is 3. The van der Waals surface area contributed by atoms with E-state index in [1.54, 1.807) is 0 Å². The topological polar surface area (TPSA) is 86.5 Å². The van der Waals surface area contributed by atoms with Crippen LogP contribution in [-0.4, -0.2) is 31.0 Å². The van der Waals surface area contributed by atoms with Gasteiger partial charge in [-0.2, -0.15) is 0 Å². The third kappa shape index (κ3) is 2.94. The third-order valence-electron chi connectivity index (χ3n) is 2.54. The minimum atomic E-state index is -2.97. The SMILES string of the molecule is O=[N+]([O-])c1ccc(O[C@H]2CCS(=O)(=O)C2)cc1. The average Bonchev–Trinajstić information content (AvgIpc) is 2.59. The Morgan fingerprint density at radius 2 is 1.94 bits per heavy atom. The largest absolute Gasteiger partial charge is 0.489 e. The van der Waals surface area contributed by atoms with Gasteiger partial charge in [0.2, 0.25) is 0 Å². The Morgan fingerprint density at radius 1 is 1.29 bits per heavy atom. The van der Waals surface area contributed by atoms with Crippen LogP contribution in [0.15, 0.2) is 24.3 Å². The Kier molecular flexibility index (Phi) is 3.01. The summed E-state index contributed by atoms with van der Waals surface area (Å²) in [7, 11) is -2.97. The maximum atomic E-state index is 11.2.